The van der Waals surface area contributed by atoms with Crippen LogP contribution in [0.4, 0.5) is 0 Å². The van der Waals surface area contributed by atoms with Crippen molar-refractivity contribution in [3.63, 3.8) is 0 Å². The molecule has 0 heterocycles. The van der Waals surface area contributed by atoms with E-state index in [1.807, 2.05) is 0 Å². The van der Waals surface area contributed by atoms with Gasteiger partial charge in [-0.1, -0.05) is 83.4 Å². The largest absolute Gasteiger partial charge is 0.469 e. The Balaban J connectivity index is 3.21. The molecule has 0 saturated carbocycles. The number of carbonyl (C=O) groups is 2. The lowest BCUT2D eigenvalue weighted by atomic mass is 10.0. The van der Waals surface area contributed by atoms with Crippen LogP contribution < -0.4 is 0 Å². The van der Waals surface area contributed by atoms with E-state index in [1.54, 1.807) is 0 Å². The summed E-state index contributed by atoms with van der Waals surface area (Å²) in [6.07, 6.45) is 15.5. The van der Waals surface area contributed by atoms with Crippen LogP contribution in [0.15, 0.2) is 0 Å². The molecule has 0 atom stereocenters. The van der Waals surface area contributed by atoms with E-state index in [-0.39, 0.29) is 5.97 Å². The van der Waals surface area contributed by atoms with Gasteiger partial charge >= 0.3 is 5.97 Å². The van der Waals surface area contributed by atoms with E-state index in [2.05, 4.69) is 18.6 Å². The molecule has 0 aromatic heterocycles. The van der Waals surface area contributed by atoms with Crippen molar-refractivity contribution in [1.82, 2.24) is 0 Å². The van der Waals surface area contributed by atoms with Crippen LogP contribution in [-0.4, -0.2) is 23.9 Å². The summed E-state index contributed by atoms with van der Waals surface area (Å²) in [7, 11) is 1.44. The summed E-state index contributed by atoms with van der Waals surface area (Å²) in [4.78, 5) is 22.8. The SMILES string of the molecule is COC(=O)CCCCCCCCSC(=O)CCCCCCCC(C)C. The zero-order chi connectivity index (χ0) is 18.8. The quantitative estimate of drug-likeness (QED) is 0.215. The predicted molar refractivity (Wildman–Crippen MR) is 109 cm³/mol. The van der Waals surface area contributed by atoms with Crippen LogP contribution in [-0.2, 0) is 14.3 Å². The second kappa shape index (κ2) is 18.3. The van der Waals surface area contributed by atoms with E-state index < -0.39 is 0 Å². The van der Waals surface area contributed by atoms with E-state index in [9.17, 15) is 9.59 Å². The molecular weight excluding hydrogens is 332 g/mol. The van der Waals surface area contributed by atoms with Gasteiger partial charge in [-0.2, -0.15) is 0 Å². The molecule has 0 aliphatic carbocycles. The van der Waals surface area contributed by atoms with Crippen LogP contribution in [0.25, 0.3) is 0 Å². The molecule has 0 bridgehead atoms. The van der Waals surface area contributed by atoms with Crippen LogP contribution in [0.5, 0.6) is 0 Å². The summed E-state index contributed by atoms with van der Waals surface area (Å²) >= 11 is 1.52. The fourth-order valence-electron chi connectivity index (χ4n) is 2.79. The molecule has 0 amide bonds. The Bertz CT molecular complexity index is 329. The molecule has 3 nitrogen and oxygen atoms in total. The Morgan fingerprint density at radius 2 is 1.28 bits per heavy atom. The number of methoxy groups -OCH3 is 1. The van der Waals surface area contributed by atoms with Crippen LogP contribution in [0.2, 0.25) is 0 Å². The smallest absolute Gasteiger partial charge is 0.305 e. The second-order valence-corrected chi connectivity index (χ2v) is 8.52. The van der Waals surface area contributed by atoms with Gasteiger partial charge in [0.15, 0.2) is 5.12 Å². The van der Waals surface area contributed by atoms with Crippen molar-refractivity contribution in [2.75, 3.05) is 12.9 Å². The first-order valence-electron chi connectivity index (χ1n) is 10.3. The van der Waals surface area contributed by atoms with Crippen molar-refractivity contribution in [2.45, 2.75) is 104 Å². The molecule has 0 fully saturated rings. The molecule has 0 spiro atoms. The number of unbranched alkanes of at least 4 members (excludes halogenated alkanes) is 9. The van der Waals surface area contributed by atoms with Crippen LogP contribution in [0.1, 0.15) is 104 Å². The molecule has 148 valence electrons. The summed E-state index contributed by atoms with van der Waals surface area (Å²) in [5.41, 5.74) is 0. The minimum Gasteiger partial charge on any atom is -0.469 e. The predicted octanol–water partition coefficient (Wildman–Crippen LogP) is 6.54. The van der Waals surface area contributed by atoms with Gasteiger partial charge in [0.05, 0.1) is 7.11 Å². The number of esters is 1. The molecular formula is C21H40O3S. The Morgan fingerprint density at radius 3 is 1.88 bits per heavy atom. The molecule has 25 heavy (non-hydrogen) atoms. The summed E-state index contributed by atoms with van der Waals surface area (Å²) in [5, 5.41) is 0.375. The van der Waals surface area contributed by atoms with Gasteiger partial charge in [0, 0.05) is 18.6 Å². The van der Waals surface area contributed by atoms with Crippen molar-refractivity contribution in [3.8, 4) is 0 Å². The Kier molecular flexibility index (Phi) is 17.9. The van der Waals surface area contributed by atoms with E-state index in [0.717, 1.165) is 43.8 Å². The maximum Gasteiger partial charge on any atom is 0.305 e. The monoisotopic (exact) mass is 372 g/mol. The maximum absolute atomic E-state index is 11.8. The van der Waals surface area contributed by atoms with Gasteiger partial charge in [0.25, 0.3) is 0 Å². The number of thioether (sulfide) groups is 1. The topological polar surface area (TPSA) is 43.4 Å². The van der Waals surface area contributed by atoms with Crippen LogP contribution in [0, 0.1) is 5.92 Å². The molecule has 0 radical (unpaired) electrons. The maximum atomic E-state index is 11.8. The zero-order valence-electron chi connectivity index (χ0n) is 16.8. The highest BCUT2D eigenvalue weighted by Gasteiger charge is 2.03. The Morgan fingerprint density at radius 1 is 0.760 bits per heavy atom. The highest BCUT2D eigenvalue weighted by atomic mass is 32.2. The molecule has 0 N–H and O–H groups in total. The zero-order valence-corrected chi connectivity index (χ0v) is 17.6. The minimum absolute atomic E-state index is 0.106. The van der Waals surface area contributed by atoms with Gasteiger partial charge < -0.3 is 4.74 Å². The first-order chi connectivity index (χ1) is 12.1. The first kappa shape index (κ1) is 24.5. The minimum atomic E-state index is -0.106. The van der Waals surface area contributed by atoms with Gasteiger partial charge in [0.2, 0.25) is 0 Å². The summed E-state index contributed by atoms with van der Waals surface area (Å²) in [5.74, 6) is 1.68. The Hall–Kier alpha value is -0.510. The number of hydrogen-bond donors (Lipinski definition) is 0. The van der Waals surface area contributed by atoms with E-state index >= 15 is 0 Å². The molecule has 0 rings (SSSR count). The highest BCUT2D eigenvalue weighted by Crippen LogP contribution is 2.16. The third-order valence-corrected chi connectivity index (χ3v) is 5.45. The van der Waals surface area contributed by atoms with E-state index in [4.69, 9.17) is 0 Å². The second-order valence-electron chi connectivity index (χ2n) is 7.37. The average Bonchev–Trinajstić information content (AvgIpc) is 2.58. The van der Waals surface area contributed by atoms with Crippen molar-refractivity contribution < 1.29 is 14.3 Å². The normalized spacial score (nSPS) is 11.0. The van der Waals surface area contributed by atoms with E-state index in [0.29, 0.717) is 11.5 Å². The van der Waals surface area contributed by atoms with Crippen LogP contribution in [0.3, 0.4) is 0 Å². The summed E-state index contributed by atoms with van der Waals surface area (Å²) in [6, 6.07) is 0. The molecule has 0 saturated heterocycles. The summed E-state index contributed by atoms with van der Waals surface area (Å²) in [6.45, 7) is 4.56. The first-order valence-corrected chi connectivity index (χ1v) is 11.3. The molecule has 0 aromatic rings. The van der Waals surface area contributed by atoms with Gasteiger partial charge in [0.1, 0.15) is 0 Å². The van der Waals surface area contributed by atoms with Gasteiger partial charge in [-0.15, -0.1) is 0 Å². The van der Waals surface area contributed by atoms with Crippen LogP contribution >= 0.6 is 11.8 Å². The number of ether oxygens (including phenoxy) is 1. The molecule has 0 aliphatic heterocycles. The van der Waals surface area contributed by atoms with E-state index in [1.165, 1.54) is 70.2 Å². The highest BCUT2D eigenvalue weighted by molar-refractivity contribution is 8.13. The number of rotatable bonds is 17. The van der Waals surface area contributed by atoms with Crippen molar-refractivity contribution in [3.05, 3.63) is 0 Å². The van der Waals surface area contributed by atoms with Crippen molar-refractivity contribution in [2.24, 2.45) is 5.92 Å². The van der Waals surface area contributed by atoms with Crippen molar-refractivity contribution >= 4 is 22.8 Å². The average molecular weight is 373 g/mol. The molecule has 0 aromatic carbocycles. The third-order valence-electron chi connectivity index (χ3n) is 4.43. The Labute approximate surface area is 160 Å². The van der Waals surface area contributed by atoms with Gasteiger partial charge in [-0.25, -0.2) is 0 Å². The third kappa shape index (κ3) is 19.7. The standard InChI is InChI=1S/C21H40O3S/c1-19(2)15-11-7-6-9-13-17-21(23)25-18-14-10-5-4-8-12-16-20(22)24-3/h19H,4-18H2,1-3H3. The fourth-order valence-corrected chi connectivity index (χ4v) is 3.66. The molecule has 4 heteroatoms. The van der Waals surface area contributed by atoms with Gasteiger partial charge in [-0.3, -0.25) is 9.59 Å². The lowest BCUT2D eigenvalue weighted by molar-refractivity contribution is -0.140. The van der Waals surface area contributed by atoms with Gasteiger partial charge in [-0.05, 0) is 25.2 Å². The van der Waals surface area contributed by atoms with Crippen molar-refractivity contribution in [1.29, 1.82) is 0 Å². The number of carbonyl (C=O) groups excluding carboxylic acids is 2. The molecule has 0 unspecified atom stereocenters. The number of hydrogen-bond acceptors (Lipinski definition) is 4. The fraction of sp³-hybridized carbons (Fsp3) is 0.905. The molecule has 0 aliphatic rings. The lowest BCUT2D eigenvalue weighted by Crippen LogP contribution is -1.99. The summed E-state index contributed by atoms with van der Waals surface area (Å²) < 4.78 is 4.62. The lowest BCUT2D eigenvalue weighted by Gasteiger charge is -2.04.